The molecule has 0 heterocycles. The zero-order valence-corrected chi connectivity index (χ0v) is 27.8. The monoisotopic (exact) mass is 665 g/mol. The highest BCUT2D eigenvalue weighted by molar-refractivity contribution is 7.92. The molecule has 0 fully saturated rings. The van der Waals surface area contributed by atoms with Crippen molar-refractivity contribution >= 4 is 50.7 Å². The number of nitrogens with one attached hydrogen (secondary N) is 1. The molecule has 0 radical (unpaired) electrons. The number of aryl methyl sites for hydroxylation is 1. The van der Waals surface area contributed by atoms with Gasteiger partial charge in [0.15, 0.2) is 0 Å². The molecule has 10 heteroatoms. The zero-order chi connectivity index (χ0) is 32.6. The maximum atomic E-state index is 14.6. The number of hydrogen-bond acceptors (Lipinski definition) is 4. The van der Waals surface area contributed by atoms with Gasteiger partial charge in [-0.1, -0.05) is 103 Å². The van der Waals surface area contributed by atoms with Crippen molar-refractivity contribution in [2.75, 3.05) is 10.8 Å². The van der Waals surface area contributed by atoms with Gasteiger partial charge in [-0.15, -0.1) is 0 Å². The third kappa shape index (κ3) is 8.87. The standard InChI is InChI=1S/C35H37Cl2N3O4S/c1-4-26(3)38-35(42)33(19-27-14-7-5-8-15-27)39(23-28-16-12-11-13-25(28)2)34(41)24-40(31-21-29(36)20-30(37)22-31)45(43,44)32-17-9-6-10-18-32/h5-18,20-22,26,33H,4,19,23-24H2,1-3H3,(H,38,42)/t26-,33-/m0/s1. The van der Waals surface area contributed by atoms with E-state index in [2.05, 4.69) is 5.32 Å². The molecule has 4 rings (SSSR count). The van der Waals surface area contributed by atoms with Gasteiger partial charge in [-0.05, 0) is 67.3 Å². The van der Waals surface area contributed by atoms with Gasteiger partial charge < -0.3 is 10.2 Å². The topological polar surface area (TPSA) is 86.8 Å². The van der Waals surface area contributed by atoms with E-state index in [1.807, 2.05) is 75.4 Å². The molecule has 0 saturated heterocycles. The van der Waals surface area contributed by atoms with Crippen molar-refractivity contribution in [3.05, 3.63) is 130 Å². The molecule has 0 aliphatic carbocycles. The number of rotatable bonds is 13. The summed E-state index contributed by atoms with van der Waals surface area (Å²) in [6, 6.07) is 28.2. The van der Waals surface area contributed by atoms with Crippen LogP contribution in [0.5, 0.6) is 0 Å². The van der Waals surface area contributed by atoms with Crippen LogP contribution < -0.4 is 9.62 Å². The number of hydrogen-bond donors (Lipinski definition) is 1. The molecule has 0 spiro atoms. The first-order valence-corrected chi connectivity index (χ1v) is 16.9. The van der Waals surface area contributed by atoms with Gasteiger partial charge >= 0.3 is 0 Å². The van der Waals surface area contributed by atoms with Gasteiger partial charge in [0.05, 0.1) is 10.6 Å². The fourth-order valence-electron chi connectivity index (χ4n) is 4.90. The maximum Gasteiger partial charge on any atom is 0.264 e. The quantitative estimate of drug-likeness (QED) is 0.166. The molecule has 0 aliphatic heterocycles. The van der Waals surface area contributed by atoms with Crippen molar-refractivity contribution in [3.8, 4) is 0 Å². The molecule has 0 saturated carbocycles. The van der Waals surface area contributed by atoms with Gasteiger partial charge in [0.1, 0.15) is 12.6 Å². The van der Waals surface area contributed by atoms with Crippen LogP contribution >= 0.6 is 23.2 Å². The molecule has 4 aromatic carbocycles. The Kier molecular flexibility index (Phi) is 11.7. The molecule has 236 valence electrons. The summed E-state index contributed by atoms with van der Waals surface area (Å²) in [5.41, 5.74) is 2.76. The number of amides is 2. The number of carbonyl (C=O) groups excluding carboxylic acids is 2. The lowest BCUT2D eigenvalue weighted by atomic mass is 10.0. The fraction of sp³-hybridized carbons (Fsp3) is 0.257. The van der Waals surface area contributed by atoms with Crippen LogP contribution in [0.2, 0.25) is 10.0 Å². The van der Waals surface area contributed by atoms with Crippen LogP contribution in [0.25, 0.3) is 0 Å². The Hall–Kier alpha value is -3.85. The average molecular weight is 667 g/mol. The van der Waals surface area contributed by atoms with Gasteiger partial charge in [-0.3, -0.25) is 13.9 Å². The minimum Gasteiger partial charge on any atom is -0.352 e. The number of sulfonamides is 1. The maximum absolute atomic E-state index is 14.6. The summed E-state index contributed by atoms with van der Waals surface area (Å²) < 4.78 is 29.2. The number of halogens is 2. The van der Waals surface area contributed by atoms with Gasteiger partial charge in [0.25, 0.3) is 10.0 Å². The summed E-state index contributed by atoms with van der Waals surface area (Å²) in [4.78, 5) is 30.0. The van der Waals surface area contributed by atoms with Crippen molar-refractivity contribution in [2.24, 2.45) is 0 Å². The SMILES string of the molecule is CC[C@H](C)NC(=O)[C@H](Cc1ccccc1)N(Cc1ccccc1C)C(=O)CN(c1cc(Cl)cc(Cl)c1)S(=O)(=O)c1ccccc1. The lowest BCUT2D eigenvalue weighted by molar-refractivity contribution is -0.140. The van der Waals surface area contributed by atoms with Crippen LogP contribution in [0.15, 0.2) is 108 Å². The van der Waals surface area contributed by atoms with Crippen LogP contribution in [-0.2, 0) is 32.6 Å². The lowest BCUT2D eigenvalue weighted by Gasteiger charge is -2.34. The third-order valence-electron chi connectivity index (χ3n) is 7.62. The third-order valence-corrected chi connectivity index (χ3v) is 9.84. The Morgan fingerprint density at radius 3 is 2.02 bits per heavy atom. The Bertz CT molecular complexity index is 1700. The molecule has 0 bridgehead atoms. The van der Waals surface area contributed by atoms with Gasteiger partial charge in [0.2, 0.25) is 11.8 Å². The first kappa shape index (κ1) is 34.0. The first-order valence-electron chi connectivity index (χ1n) is 14.7. The molecule has 0 unspecified atom stereocenters. The van der Waals surface area contributed by atoms with Crippen LogP contribution in [-0.4, -0.2) is 43.8 Å². The number of nitrogens with zero attached hydrogens (tertiary/aromatic N) is 2. The van der Waals surface area contributed by atoms with Crippen LogP contribution in [0.3, 0.4) is 0 Å². The highest BCUT2D eigenvalue weighted by Crippen LogP contribution is 2.30. The number of benzene rings is 4. The first-order chi connectivity index (χ1) is 21.5. The molecule has 1 N–H and O–H groups in total. The molecular formula is C35H37Cl2N3O4S. The van der Waals surface area contributed by atoms with Crippen molar-refractivity contribution in [3.63, 3.8) is 0 Å². The summed E-state index contributed by atoms with van der Waals surface area (Å²) in [7, 11) is -4.26. The highest BCUT2D eigenvalue weighted by atomic mass is 35.5. The zero-order valence-electron chi connectivity index (χ0n) is 25.5. The lowest BCUT2D eigenvalue weighted by Crippen LogP contribution is -2.54. The van der Waals surface area contributed by atoms with Crippen molar-refractivity contribution < 1.29 is 18.0 Å². The van der Waals surface area contributed by atoms with Gasteiger partial charge in [-0.2, -0.15) is 0 Å². The second-order valence-corrected chi connectivity index (χ2v) is 13.7. The second-order valence-electron chi connectivity index (χ2n) is 10.9. The summed E-state index contributed by atoms with van der Waals surface area (Å²) in [6.45, 7) is 5.30. The van der Waals surface area contributed by atoms with E-state index < -0.39 is 28.5 Å². The molecule has 45 heavy (non-hydrogen) atoms. The van der Waals surface area contributed by atoms with E-state index in [0.717, 1.165) is 21.0 Å². The van der Waals surface area contributed by atoms with Crippen LogP contribution in [0.4, 0.5) is 5.69 Å². The predicted octanol–water partition coefficient (Wildman–Crippen LogP) is 7.05. The molecule has 2 atom stereocenters. The van der Waals surface area contributed by atoms with E-state index in [-0.39, 0.29) is 45.5 Å². The Labute approximate surface area is 275 Å². The van der Waals surface area contributed by atoms with Gasteiger partial charge in [-0.25, -0.2) is 8.42 Å². The van der Waals surface area contributed by atoms with Crippen LogP contribution in [0.1, 0.15) is 37.0 Å². The summed E-state index contributed by atoms with van der Waals surface area (Å²) in [5.74, 6) is -0.882. The Balaban J connectivity index is 1.83. The Morgan fingerprint density at radius 2 is 1.42 bits per heavy atom. The fourth-order valence-corrected chi connectivity index (χ4v) is 6.83. The van der Waals surface area contributed by atoms with Crippen LogP contribution in [0, 0.1) is 6.92 Å². The van der Waals surface area contributed by atoms with E-state index in [4.69, 9.17) is 23.2 Å². The largest absolute Gasteiger partial charge is 0.352 e. The normalized spacial score (nSPS) is 12.6. The van der Waals surface area contributed by atoms with E-state index in [0.29, 0.717) is 6.42 Å². The number of anilines is 1. The highest BCUT2D eigenvalue weighted by Gasteiger charge is 2.35. The van der Waals surface area contributed by atoms with Gasteiger partial charge in [0, 0.05) is 29.1 Å². The molecule has 4 aromatic rings. The Morgan fingerprint density at radius 1 is 0.844 bits per heavy atom. The predicted molar refractivity (Wildman–Crippen MR) is 181 cm³/mol. The van der Waals surface area contributed by atoms with Crippen molar-refractivity contribution in [1.29, 1.82) is 0 Å². The molecule has 2 amide bonds. The smallest absolute Gasteiger partial charge is 0.264 e. The molecule has 0 aliphatic rings. The number of carbonyl (C=O) groups is 2. The molecular weight excluding hydrogens is 629 g/mol. The van der Waals surface area contributed by atoms with Crippen molar-refractivity contribution in [1.82, 2.24) is 10.2 Å². The van der Waals surface area contributed by atoms with E-state index >= 15 is 0 Å². The summed E-state index contributed by atoms with van der Waals surface area (Å²) in [5, 5.41) is 3.47. The average Bonchev–Trinajstić information content (AvgIpc) is 3.02. The summed E-state index contributed by atoms with van der Waals surface area (Å²) in [6.07, 6.45) is 0.934. The van der Waals surface area contributed by atoms with E-state index in [1.54, 1.807) is 18.2 Å². The second kappa shape index (κ2) is 15.4. The van der Waals surface area contributed by atoms with E-state index in [9.17, 15) is 18.0 Å². The molecule has 0 aromatic heterocycles. The van der Waals surface area contributed by atoms with Crippen molar-refractivity contribution in [2.45, 2.75) is 57.1 Å². The minimum atomic E-state index is -4.26. The summed E-state index contributed by atoms with van der Waals surface area (Å²) >= 11 is 12.6. The minimum absolute atomic E-state index is 0.00491. The molecule has 7 nitrogen and oxygen atoms in total. The van der Waals surface area contributed by atoms with E-state index in [1.165, 1.54) is 35.2 Å².